The Morgan fingerprint density at radius 3 is 2.39 bits per heavy atom. The fourth-order valence-electron chi connectivity index (χ4n) is 3.33. The van der Waals surface area contributed by atoms with Crippen LogP contribution in [0.2, 0.25) is 0 Å². The van der Waals surface area contributed by atoms with E-state index in [-0.39, 0.29) is 24.5 Å². The molecule has 0 unspecified atom stereocenters. The number of carbonyl (C=O) groups is 2. The van der Waals surface area contributed by atoms with Crippen LogP contribution in [0, 0.1) is 11.6 Å². The van der Waals surface area contributed by atoms with Crippen LogP contribution in [0.25, 0.3) is 0 Å². The molecule has 7 heteroatoms. The van der Waals surface area contributed by atoms with E-state index in [1.807, 2.05) is 0 Å². The molecule has 0 aromatic heterocycles. The largest absolute Gasteiger partial charge is 0.494 e. The number of hydrogen-bond acceptors (Lipinski definition) is 3. The summed E-state index contributed by atoms with van der Waals surface area (Å²) in [5.41, 5.74) is -0.225. The molecule has 1 aliphatic carbocycles. The predicted molar refractivity (Wildman–Crippen MR) is 99.3 cm³/mol. The van der Waals surface area contributed by atoms with E-state index in [9.17, 15) is 18.4 Å². The molecule has 2 aromatic rings. The van der Waals surface area contributed by atoms with E-state index >= 15 is 0 Å². The van der Waals surface area contributed by atoms with Crippen LogP contribution in [0.15, 0.2) is 42.5 Å². The van der Waals surface area contributed by atoms with Gasteiger partial charge in [0, 0.05) is 23.7 Å². The summed E-state index contributed by atoms with van der Waals surface area (Å²) in [6, 6.07) is 9.99. The van der Waals surface area contributed by atoms with E-state index in [0.29, 0.717) is 30.7 Å². The van der Waals surface area contributed by atoms with Crippen LogP contribution in [0.3, 0.4) is 0 Å². The number of nitrogens with one attached hydrogen (secondary N) is 1. The number of carboxylic acids is 1. The lowest BCUT2D eigenvalue weighted by Crippen LogP contribution is -2.46. The Hall–Kier alpha value is -2.96. The topological polar surface area (TPSA) is 75.6 Å². The zero-order valence-corrected chi connectivity index (χ0v) is 15.2. The van der Waals surface area contributed by atoms with Crippen molar-refractivity contribution in [2.45, 2.75) is 37.5 Å². The van der Waals surface area contributed by atoms with Gasteiger partial charge < -0.3 is 15.2 Å². The summed E-state index contributed by atoms with van der Waals surface area (Å²) in [4.78, 5) is 23.3. The number of ether oxygens (including phenoxy) is 1. The molecule has 0 heterocycles. The number of hydrogen-bond donors (Lipinski definition) is 2. The van der Waals surface area contributed by atoms with Crippen LogP contribution in [0.1, 0.15) is 37.7 Å². The van der Waals surface area contributed by atoms with Crippen molar-refractivity contribution in [2.75, 3.05) is 11.9 Å². The lowest BCUT2D eigenvalue weighted by molar-refractivity contribution is -0.137. The molecule has 1 aliphatic rings. The minimum absolute atomic E-state index is 0.0379. The third-order valence-electron chi connectivity index (χ3n) is 5.00. The van der Waals surface area contributed by atoms with E-state index in [0.717, 1.165) is 12.5 Å². The molecule has 0 aliphatic heterocycles. The molecule has 5 nitrogen and oxygen atoms in total. The van der Waals surface area contributed by atoms with Gasteiger partial charge in [-0.2, -0.15) is 0 Å². The summed E-state index contributed by atoms with van der Waals surface area (Å²) in [7, 11) is 0. The highest BCUT2D eigenvalue weighted by Crippen LogP contribution is 2.45. The summed E-state index contributed by atoms with van der Waals surface area (Å²) in [6.45, 7) is 0.283. The first-order valence-electron chi connectivity index (χ1n) is 9.12. The first-order valence-corrected chi connectivity index (χ1v) is 9.12. The van der Waals surface area contributed by atoms with Crippen LogP contribution in [0.4, 0.5) is 14.5 Å². The van der Waals surface area contributed by atoms with Gasteiger partial charge in [-0.1, -0.05) is 12.5 Å². The fraction of sp³-hybridized carbons (Fsp3) is 0.333. The van der Waals surface area contributed by atoms with Crippen molar-refractivity contribution >= 4 is 17.6 Å². The SMILES string of the molecule is O=C(O)CCCOc1ccc(NC(=O)C2(c3ccc(F)cc3F)CCC2)cc1. The summed E-state index contributed by atoms with van der Waals surface area (Å²) >= 11 is 0. The molecule has 0 radical (unpaired) electrons. The van der Waals surface area contributed by atoms with Gasteiger partial charge >= 0.3 is 5.97 Å². The Labute approximate surface area is 161 Å². The summed E-state index contributed by atoms with van der Waals surface area (Å²) in [5, 5.41) is 11.4. The smallest absolute Gasteiger partial charge is 0.303 e. The minimum Gasteiger partial charge on any atom is -0.494 e. The molecule has 2 aromatic carbocycles. The number of aliphatic carboxylic acids is 1. The lowest BCUT2D eigenvalue weighted by atomic mass is 9.63. The van der Waals surface area contributed by atoms with Crippen molar-refractivity contribution in [1.29, 1.82) is 0 Å². The monoisotopic (exact) mass is 389 g/mol. The molecule has 2 N–H and O–H groups in total. The highest BCUT2D eigenvalue weighted by Gasteiger charge is 2.47. The number of amides is 1. The maximum Gasteiger partial charge on any atom is 0.303 e. The van der Waals surface area contributed by atoms with Crippen molar-refractivity contribution in [3.05, 3.63) is 59.7 Å². The van der Waals surface area contributed by atoms with E-state index in [4.69, 9.17) is 9.84 Å². The van der Waals surface area contributed by atoms with Crippen molar-refractivity contribution in [2.24, 2.45) is 0 Å². The Morgan fingerprint density at radius 2 is 1.82 bits per heavy atom. The van der Waals surface area contributed by atoms with E-state index in [1.165, 1.54) is 12.1 Å². The lowest BCUT2D eigenvalue weighted by Gasteiger charge is -2.40. The van der Waals surface area contributed by atoms with Gasteiger partial charge in [0.25, 0.3) is 0 Å². The number of carbonyl (C=O) groups excluding carboxylic acids is 1. The average Bonchev–Trinajstić information content (AvgIpc) is 2.61. The number of carboxylic acid groups (broad SMARTS) is 1. The molecule has 148 valence electrons. The van der Waals surface area contributed by atoms with Gasteiger partial charge in [0.15, 0.2) is 0 Å². The van der Waals surface area contributed by atoms with Crippen molar-refractivity contribution in [3.8, 4) is 5.75 Å². The van der Waals surface area contributed by atoms with Crippen molar-refractivity contribution < 1.29 is 28.2 Å². The average molecular weight is 389 g/mol. The molecule has 0 spiro atoms. The Kier molecular flexibility index (Phi) is 5.92. The zero-order valence-electron chi connectivity index (χ0n) is 15.2. The molecular weight excluding hydrogens is 368 g/mol. The Bertz CT molecular complexity index is 863. The number of anilines is 1. The summed E-state index contributed by atoms with van der Waals surface area (Å²) in [5.74, 6) is -2.01. The molecule has 1 saturated carbocycles. The normalized spacial score (nSPS) is 14.8. The molecule has 1 fully saturated rings. The van der Waals surface area contributed by atoms with E-state index in [1.54, 1.807) is 24.3 Å². The van der Waals surface area contributed by atoms with Gasteiger partial charge in [-0.3, -0.25) is 9.59 Å². The third kappa shape index (κ3) is 4.30. The van der Waals surface area contributed by atoms with Crippen molar-refractivity contribution in [1.82, 2.24) is 0 Å². The molecule has 0 saturated heterocycles. The molecular formula is C21H21F2NO4. The second-order valence-corrected chi connectivity index (χ2v) is 6.88. The van der Waals surface area contributed by atoms with Crippen LogP contribution >= 0.6 is 0 Å². The quantitative estimate of drug-likeness (QED) is 0.661. The number of halogens is 2. The second-order valence-electron chi connectivity index (χ2n) is 6.88. The van der Waals surface area contributed by atoms with Gasteiger partial charge in [0.1, 0.15) is 17.4 Å². The van der Waals surface area contributed by atoms with Gasteiger partial charge in [-0.15, -0.1) is 0 Å². The first kappa shape index (κ1) is 19.8. The van der Waals surface area contributed by atoms with Crippen molar-refractivity contribution in [3.63, 3.8) is 0 Å². The highest BCUT2D eigenvalue weighted by molar-refractivity contribution is 6.00. The molecule has 3 rings (SSSR count). The second kappa shape index (κ2) is 8.37. The van der Waals surface area contributed by atoms with Gasteiger partial charge in [0.05, 0.1) is 12.0 Å². The molecule has 0 atom stereocenters. The van der Waals surface area contributed by atoms with Gasteiger partial charge in [-0.05, 0) is 49.6 Å². The molecule has 28 heavy (non-hydrogen) atoms. The standard InChI is InChI=1S/C21H21F2NO4/c22-14-4-9-17(18(23)13-14)21(10-2-11-21)20(27)24-15-5-7-16(8-6-15)28-12-1-3-19(25)26/h4-9,13H,1-3,10-12H2,(H,24,27)(H,25,26). The van der Waals surface area contributed by atoms with Crippen LogP contribution in [-0.2, 0) is 15.0 Å². The van der Waals surface area contributed by atoms with Crippen LogP contribution < -0.4 is 10.1 Å². The molecule has 0 bridgehead atoms. The van der Waals surface area contributed by atoms with Gasteiger partial charge in [0.2, 0.25) is 5.91 Å². The van der Waals surface area contributed by atoms with Gasteiger partial charge in [-0.25, -0.2) is 8.78 Å². The summed E-state index contributed by atoms with van der Waals surface area (Å²) in [6.07, 6.45) is 2.25. The molecule has 1 amide bonds. The zero-order chi connectivity index (χ0) is 20.1. The van der Waals surface area contributed by atoms with Crippen LogP contribution in [0.5, 0.6) is 5.75 Å². The first-order chi connectivity index (χ1) is 13.4. The number of rotatable bonds is 8. The highest BCUT2D eigenvalue weighted by atomic mass is 19.1. The maximum absolute atomic E-state index is 14.2. The minimum atomic E-state index is -0.982. The Balaban J connectivity index is 1.64. The predicted octanol–water partition coefficient (Wildman–Crippen LogP) is 4.27. The number of benzene rings is 2. The van der Waals surface area contributed by atoms with Crippen LogP contribution in [-0.4, -0.2) is 23.6 Å². The Morgan fingerprint density at radius 1 is 1.11 bits per heavy atom. The fourth-order valence-corrected chi connectivity index (χ4v) is 3.33. The van der Waals surface area contributed by atoms with E-state index in [2.05, 4.69) is 5.32 Å². The third-order valence-corrected chi connectivity index (χ3v) is 5.00. The summed E-state index contributed by atoms with van der Waals surface area (Å²) < 4.78 is 32.9. The maximum atomic E-state index is 14.2. The van der Waals surface area contributed by atoms with E-state index < -0.39 is 23.0 Å².